The molecule has 0 aliphatic carbocycles. The zero-order chi connectivity index (χ0) is 20.2. The topological polar surface area (TPSA) is 96.0 Å². The molecule has 0 saturated carbocycles. The lowest BCUT2D eigenvalue weighted by Gasteiger charge is -2.36. The molecular formula is C18H27N3O5S. The van der Waals surface area contributed by atoms with Crippen LogP contribution in [0, 0.1) is 0 Å². The van der Waals surface area contributed by atoms with Gasteiger partial charge in [0.25, 0.3) is 0 Å². The van der Waals surface area contributed by atoms with E-state index in [9.17, 15) is 18.0 Å². The van der Waals surface area contributed by atoms with Crippen LogP contribution in [0.1, 0.15) is 32.3 Å². The van der Waals surface area contributed by atoms with Gasteiger partial charge in [0, 0.05) is 26.2 Å². The van der Waals surface area contributed by atoms with Crippen LogP contribution in [0.3, 0.4) is 0 Å². The standard InChI is InChI=1S/C18H27N3O5S/c1-13(2)15-5-7-16(8-6-15)27(24,25)21-11-9-20(10-12-21)14(3)17(22)19-18(23)26-4/h5-8,13-14H,9-12H2,1-4H3,(H,19,22,23)/t14-/m0/s1. The van der Waals surface area contributed by atoms with E-state index in [2.05, 4.69) is 23.9 Å². The number of rotatable bonds is 5. The van der Waals surface area contributed by atoms with Crippen molar-refractivity contribution in [2.75, 3.05) is 33.3 Å². The minimum Gasteiger partial charge on any atom is -0.453 e. The molecule has 27 heavy (non-hydrogen) atoms. The van der Waals surface area contributed by atoms with Crippen molar-refractivity contribution in [1.29, 1.82) is 0 Å². The van der Waals surface area contributed by atoms with Crippen molar-refractivity contribution >= 4 is 22.0 Å². The molecule has 0 bridgehead atoms. The van der Waals surface area contributed by atoms with Gasteiger partial charge in [0.2, 0.25) is 15.9 Å². The van der Waals surface area contributed by atoms with Gasteiger partial charge in [0.15, 0.2) is 0 Å². The Bertz CT molecular complexity index is 769. The number of hydrogen-bond acceptors (Lipinski definition) is 6. The molecule has 1 N–H and O–H groups in total. The molecule has 0 radical (unpaired) electrons. The molecule has 8 nitrogen and oxygen atoms in total. The second kappa shape index (κ2) is 8.81. The number of carbonyl (C=O) groups excluding carboxylic acids is 2. The lowest BCUT2D eigenvalue weighted by molar-refractivity contribution is -0.125. The molecular weight excluding hydrogens is 370 g/mol. The molecule has 1 fully saturated rings. The monoisotopic (exact) mass is 397 g/mol. The summed E-state index contributed by atoms with van der Waals surface area (Å²) in [6.45, 7) is 7.15. The number of methoxy groups -OCH3 is 1. The van der Waals surface area contributed by atoms with E-state index in [-0.39, 0.29) is 18.0 Å². The number of imide groups is 1. The maximum absolute atomic E-state index is 12.8. The smallest absolute Gasteiger partial charge is 0.413 e. The van der Waals surface area contributed by atoms with Crippen LogP contribution in [0.2, 0.25) is 0 Å². The normalized spacial score (nSPS) is 17.5. The number of nitrogens with one attached hydrogen (secondary N) is 1. The molecule has 2 amide bonds. The minimum atomic E-state index is -3.56. The van der Waals surface area contributed by atoms with Gasteiger partial charge in [-0.15, -0.1) is 0 Å². The SMILES string of the molecule is COC(=O)NC(=O)[C@H](C)N1CCN(S(=O)(=O)c2ccc(C(C)C)cc2)CC1. The number of benzene rings is 1. The van der Waals surface area contributed by atoms with Crippen LogP contribution in [0.25, 0.3) is 0 Å². The van der Waals surface area contributed by atoms with Crippen LogP contribution in [-0.2, 0) is 19.6 Å². The largest absolute Gasteiger partial charge is 0.453 e. The highest BCUT2D eigenvalue weighted by Crippen LogP contribution is 2.21. The van der Waals surface area contributed by atoms with Gasteiger partial charge in [-0.1, -0.05) is 26.0 Å². The van der Waals surface area contributed by atoms with Crippen molar-refractivity contribution in [3.05, 3.63) is 29.8 Å². The van der Waals surface area contributed by atoms with Gasteiger partial charge in [0.05, 0.1) is 18.0 Å². The van der Waals surface area contributed by atoms with Crippen molar-refractivity contribution in [3.8, 4) is 0 Å². The predicted octanol–water partition coefficient (Wildman–Crippen LogP) is 1.39. The van der Waals surface area contributed by atoms with Crippen molar-refractivity contribution in [2.45, 2.75) is 37.6 Å². The van der Waals surface area contributed by atoms with E-state index >= 15 is 0 Å². The summed E-state index contributed by atoms with van der Waals surface area (Å²) in [6, 6.07) is 6.41. The van der Waals surface area contributed by atoms with Crippen LogP contribution in [-0.4, -0.2) is 69.0 Å². The van der Waals surface area contributed by atoms with E-state index in [1.54, 1.807) is 19.1 Å². The fourth-order valence-corrected chi connectivity index (χ4v) is 4.35. The van der Waals surface area contributed by atoms with Crippen LogP contribution in [0.15, 0.2) is 29.2 Å². The number of nitrogens with zero attached hydrogens (tertiary/aromatic N) is 2. The van der Waals surface area contributed by atoms with Crippen molar-refractivity contribution in [3.63, 3.8) is 0 Å². The van der Waals surface area contributed by atoms with Gasteiger partial charge in [0.1, 0.15) is 0 Å². The number of ether oxygens (including phenoxy) is 1. The van der Waals surface area contributed by atoms with E-state index in [0.29, 0.717) is 19.0 Å². The molecule has 0 spiro atoms. The van der Waals surface area contributed by atoms with Crippen LogP contribution in [0.4, 0.5) is 4.79 Å². The Hall–Kier alpha value is -1.97. The second-order valence-corrected chi connectivity index (χ2v) is 8.76. The first-order valence-electron chi connectivity index (χ1n) is 8.89. The maximum Gasteiger partial charge on any atom is 0.413 e. The highest BCUT2D eigenvalue weighted by Gasteiger charge is 2.32. The Morgan fingerprint density at radius 2 is 1.59 bits per heavy atom. The first kappa shape index (κ1) is 21.3. The lowest BCUT2D eigenvalue weighted by Crippen LogP contribution is -2.55. The fraction of sp³-hybridized carbons (Fsp3) is 0.556. The molecule has 1 atom stereocenters. The lowest BCUT2D eigenvalue weighted by atomic mass is 10.0. The van der Waals surface area contributed by atoms with E-state index < -0.39 is 28.1 Å². The van der Waals surface area contributed by atoms with Gasteiger partial charge in [-0.05, 0) is 30.5 Å². The second-order valence-electron chi connectivity index (χ2n) is 6.82. The van der Waals surface area contributed by atoms with E-state index in [1.807, 2.05) is 17.0 Å². The summed E-state index contributed by atoms with van der Waals surface area (Å²) in [5.74, 6) is -0.134. The molecule has 1 aromatic carbocycles. The fourth-order valence-electron chi connectivity index (χ4n) is 2.93. The number of carbonyl (C=O) groups is 2. The molecule has 1 aliphatic rings. The first-order valence-corrected chi connectivity index (χ1v) is 10.3. The predicted molar refractivity (Wildman–Crippen MR) is 101 cm³/mol. The van der Waals surface area contributed by atoms with Gasteiger partial charge < -0.3 is 4.74 Å². The third kappa shape index (κ3) is 5.06. The summed E-state index contributed by atoms with van der Waals surface area (Å²) in [7, 11) is -2.38. The van der Waals surface area contributed by atoms with Gasteiger partial charge >= 0.3 is 6.09 Å². The minimum absolute atomic E-state index is 0.275. The Kier molecular flexibility index (Phi) is 6.96. The van der Waals surface area contributed by atoms with Crippen LogP contribution >= 0.6 is 0 Å². The molecule has 0 unspecified atom stereocenters. The maximum atomic E-state index is 12.8. The molecule has 150 valence electrons. The third-order valence-corrected chi connectivity index (χ3v) is 6.71. The molecule has 1 saturated heterocycles. The summed E-state index contributed by atoms with van der Waals surface area (Å²) in [4.78, 5) is 25.3. The number of piperazine rings is 1. The van der Waals surface area contributed by atoms with Crippen molar-refractivity contribution in [2.24, 2.45) is 0 Å². The number of alkyl carbamates (subject to hydrolysis) is 1. The number of sulfonamides is 1. The van der Waals surface area contributed by atoms with E-state index in [1.165, 1.54) is 11.4 Å². The highest BCUT2D eigenvalue weighted by atomic mass is 32.2. The summed E-state index contributed by atoms with van der Waals surface area (Å²) < 4.78 is 31.5. The number of amides is 2. The molecule has 9 heteroatoms. The Balaban J connectivity index is 1.99. The average Bonchev–Trinajstić information content (AvgIpc) is 2.67. The Labute approximate surface area is 160 Å². The van der Waals surface area contributed by atoms with Gasteiger partial charge in [-0.3, -0.25) is 15.0 Å². The summed E-state index contributed by atoms with van der Waals surface area (Å²) in [6.07, 6.45) is -0.807. The van der Waals surface area contributed by atoms with Crippen LogP contribution < -0.4 is 5.32 Å². The number of hydrogen-bond donors (Lipinski definition) is 1. The molecule has 1 aromatic rings. The van der Waals surface area contributed by atoms with Crippen molar-refractivity contribution in [1.82, 2.24) is 14.5 Å². The summed E-state index contributed by atoms with van der Waals surface area (Å²) in [5, 5.41) is 2.13. The van der Waals surface area contributed by atoms with Crippen LogP contribution in [0.5, 0.6) is 0 Å². The van der Waals surface area contributed by atoms with Crippen molar-refractivity contribution < 1.29 is 22.7 Å². The Morgan fingerprint density at radius 3 is 2.07 bits per heavy atom. The zero-order valence-electron chi connectivity index (χ0n) is 16.1. The first-order chi connectivity index (χ1) is 12.7. The van der Waals surface area contributed by atoms with E-state index in [4.69, 9.17) is 0 Å². The van der Waals surface area contributed by atoms with Gasteiger partial charge in [-0.25, -0.2) is 13.2 Å². The zero-order valence-corrected chi connectivity index (χ0v) is 17.0. The molecule has 1 heterocycles. The van der Waals surface area contributed by atoms with E-state index in [0.717, 1.165) is 5.56 Å². The Morgan fingerprint density at radius 1 is 1.04 bits per heavy atom. The quantitative estimate of drug-likeness (QED) is 0.807. The summed E-state index contributed by atoms with van der Waals surface area (Å²) >= 11 is 0. The molecule has 2 rings (SSSR count). The average molecular weight is 397 g/mol. The molecule has 0 aromatic heterocycles. The van der Waals surface area contributed by atoms with Gasteiger partial charge in [-0.2, -0.15) is 4.31 Å². The summed E-state index contributed by atoms with van der Waals surface area (Å²) in [5.41, 5.74) is 1.09. The molecule has 1 aliphatic heterocycles. The third-order valence-electron chi connectivity index (χ3n) is 4.80. The highest BCUT2D eigenvalue weighted by molar-refractivity contribution is 7.89.